The zero-order valence-electron chi connectivity index (χ0n) is 18.0. The van der Waals surface area contributed by atoms with Crippen molar-refractivity contribution in [2.45, 2.75) is 30.2 Å². The van der Waals surface area contributed by atoms with Gasteiger partial charge in [0.1, 0.15) is 12.4 Å². The summed E-state index contributed by atoms with van der Waals surface area (Å²) in [6, 6.07) is 14.2. The van der Waals surface area contributed by atoms with Crippen LogP contribution < -0.4 is 5.32 Å². The smallest absolute Gasteiger partial charge is 0.254 e. The fourth-order valence-electron chi connectivity index (χ4n) is 3.63. The van der Waals surface area contributed by atoms with Crippen LogP contribution in [0.2, 0.25) is 0 Å². The Kier molecular flexibility index (Phi) is 6.41. The molecule has 1 N–H and O–H groups in total. The lowest BCUT2D eigenvalue weighted by molar-refractivity contribution is -0.141. The molecule has 0 unspecified atom stereocenters. The molecule has 0 saturated heterocycles. The van der Waals surface area contributed by atoms with Gasteiger partial charge in [-0.3, -0.25) is 19.3 Å². The molecule has 0 radical (unpaired) electrons. The second-order valence-corrected chi connectivity index (χ2v) is 8.46. The minimum absolute atomic E-state index is 0.281. The van der Waals surface area contributed by atoms with Crippen LogP contribution >= 0.6 is 11.8 Å². The monoisotopic (exact) mass is 448 g/mol. The van der Waals surface area contributed by atoms with E-state index in [2.05, 4.69) is 36.2 Å². The minimum Gasteiger partial charge on any atom is -0.357 e. The third-order valence-corrected chi connectivity index (χ3v) is 6.48. The first-order chi connectivity index (χ1) is 15.5. The number of nitrogens with one attached hydrogen (secondary N) is 1. The highest BCUT2D eigenvalue weighted by atomic mass is 32.2. The van der Waals surface area contributed by atoms with Gasteiger partial charge in [-0.25, -0.2) is 4.99 Å². The Hall–Kier alpha value is -3.39. The molecular weight excluding hydrogens is 424 g/mol. The normalized spacial score (nSPS) is 14.6. The second kappa shape index (κ2) is 9.40. The van der Waals surface area contributed by atoms with E-state index in [0.29, 0.717) is 6.54 Å². The quantitative estimate of drug-likeness (QED) is 0.687. The van der Waals surface area contributed by atoms with Gasteiger partial charge in [0.2, 0.25) is 5.91 Å². The van der Waals surface area contributed by atoms with Crippen LogP contribution in [-0.4, -0.2) is 53.0 Å². The largest absolute Gasteiger partial charge is 0.357 e. The van der Waals surface area contributed by atoms with E-state index in [0.717, 1.165) is 50.4 Å². The van der Waals surface area contributed by atoms with Gasteiger partial charge in [0, 0.05) is 47.1 Å². The maximum Gasteiger partial charge on any atom is 0.254 e. The summed E-state index contributed by atoms with van der Waals surface area (Å²) in [7, 11) is 0. The molecule has 2 aromatic carbocycles. The third-order valence-electron chi connectivity index (χ3n) is 5.35. The highest BCUT2D eigenvalue weighted by Gasteiger charge is 2.25. The maximum atomic E-state index is 12.3. The lowest BCUT2D eigenvalue weighted by Crippen LogP contribution is -2.40. The molecule has 0 atom stereocenters. The Morgan fingerprint density at radius 3 is 2.47 bits per heavy atom. The van der Waals surface area contributed by atoms with E-state index in [1.54, 1.807) is 11.8 Å². The van der Waals surface area contributed by atoms with Gasteiger partial charge in [-0.05, 0) is 43.7 Å². The Morgan fingerprint density at radius 1 is 1.03 bits per heavy atom. The van der Waals surface area contributed by atoms with Crippen LogP contribution in [0, 0.1) is 0 Å². The Bertz CT molecular complexity index is 1120. The van der Waals surface area contributed by atoms with E-state index in [9.17, 15) is 14.4 Å². The van der Waals surface area contributed by atoms with Crippen LogP contribution in [0.25, 0.3) is 0 Å². The number of para-hydroxylation sites is 1. The van der Waals surface area contributed by atoms with Crippen LogP contribution in [0.3, 0.4) is 0 Å². The molecule has 0 fully saturated rings. The van der Waals surface area contributed by atoms with Gasteiger partial charge in [0.15, 0.2) is 0 Å². The Morgan fingerprint density at radius 2 is 1.75 bits per heavy atom. The molecule has 2 aliphatic heterocycles. The Balaban J connectivity index is 1.54. The van der Waals surface area contributed by atoms with Crippen molar-refractivity contribution in [3.63, 3.8) is 0 Å². The van der Waals surface area contributed by atoms with Crippen molar-refractivity contribution in [2.24, 2.45) is 4.99 Å². The number of nitrogens with zero attached hydrogens (tertiary/aromatic N) is 3. The predicted molar refractivity (Wildman–Crippen MR) is 124 cm³/mol. The first-order valence-corrected chi connectivity index (χ1v) is 11.4. The van der Waals surface area contributed by atoms with Gasteiger partial charge in [0.05, 0.1) is 5.69 Å². The molecule has 0 aromatic heterocycles. The lowest BCUT2D eigenvalue weighted by Gasteiger charge is -2.24. The molecule has 2 heterocycles. The highest BCUT2D eigenvalue weighted by Crippen LogP contribution is 2.40. The number of rotatable bonds is 6. The minimum atomic E-state index is -0.464. The molecule has 2 aliphatic rings. The standard InChI is InChI=1S/C24H24N4O3S/c1-3-27(4-2)24-17-10-9-16(13-20(17)32-19-8-6-5-7-18(19)26-24)14-25-21(29)15-28-22(30)11-12-23(28)31/h5-13H,3-4,14-15H2,1-2H3,(H,25,29). The number of hydrogen-bond acceptors (Lipinski definition) is 6. The molecule has 0 bridgehead atoms. The van der Waals surface area contributed by atoms with E-state index in [1.165, 1.54) is 12.2 Å². The summed E-state index contributed by atoms with van der Waals surface area (Å²) >= 11 is 1.66. The van der Waals surface area contributed by atoms with Crippen molar-refractivity contribution in [3.05, 3.63) is 65.7 Å². The summed E-state index contributed by atoms with van der Waals surface area (Å²) in [5.41, 5.74) is 2.93. The highest BCUT2D eigenvalue weighted by molar-refractivity contribution is 7.99. The molecule has 4 rings (SSSR count). The number of carbonyl (C=O) groups excluding carboxylic acids is 3. The van der Waals surface area contributed by atoms with Crippen molar-refractivity contribution in [1.29, 1.82) is 0 Å². The molecule has 0 saturated carbocycles. The first kappa shape index (κ1) is 21.8. The zero-order valence-corrected chi connectivity index (χ0v) is 18.8. The SMILES string of the molecule is CCN(CC)C1=Nc2ccccc2Sc2cc(CNC(=O)CN3C(=O)C=CC3=O)ccc21. The van der Waals surface area contributed by atoms with Gasteiger partial charge in [0.25, 0.3) is 11.8 Å². The van der Waals surface area contributed by atoms with E-state index in [1.807, 2.05) is 30.3 Å². The average molecular weight is 449 g/mol. The summed E-state index contributed by atoms with van der Waals surface area (Å²) in [5.74, 6) is -0.368. The summed E-state index contributed by atoms with van der Waals surface area (Å²) in [6.45, 7) is 5.95. The number of carbonyl (C=O) groups is 3. The molecule has 7 nitrogen and oxygen atoms in total. The van der Waals surface area contributed by atoms with E-state index in [-0.39, 0.29) is 12.5 Å². The van der Waals surface area contributed by atoms with Crippen LogP contribution in [-0.2, 0) is 20.9 Å². The summed E-state index contributed by atoms with van der Waals surface area (Å²) < 4.78 is 0. The molecular formula is C24H24N4O3S. The van der Waals surface area contributed by atoms with Crippen LogP contribution in [0.5, 0.6) is 0 Å². The second-order valence-electron chi connectivity index (χ2n) is 7.38. The number of benzene rings is 2. The van der Waals surface area contributed by atoms with Gasteiger partial charge < -0.3 is 10.2 Å². The fourth-order valence-corrected chi connectivity index (χ4v) is 4.71. The van der Waals surface area contributed by atoms with E-state index >= 15 is 0 Å². The van der Waals surface area contributed by atoms with E-state index < -0.39 is 11.8 Å². The number of aliphatic imine (C=N–C) groups is 1. The van der Waals surface area contributed by atoms with E-state index in [4.69, 9.17) is 4.99 Å². The molecule has 0 aliphatic carbocycles. The topological polar surface area (TPSA) is 82.1 Å². The van der Waals surface area contributed by atoms with Crippen molar-refractivity contribution >= 4 is 41.0 Å². The third kappa shape index (κ3) is 4.45. The number of imide groups is 1. The number of amides is 3. The number of hydrogen-bond donors (Lipinski definition) is 1. The average Bonchev–Trinajstić information content (AvgIpc) is 3.02. The van der Waals surface area contributed by atoms with Gasteiger partial charge in [-0.1, -0.05) is 30.0 Å². The van der Waals surface area contributed by atoms with Gasteiger partial charge >= 0.3 is 0 Å². The summed E-state index contributed by atoms with van der Waals surface area (Å²) in [6.07, 6.45) is 2.35. The maximum absolute atomic E-state index is 12.3. The zero-order chi connectivity index (χ0) is 22.7. The number of fused-ring (bicyclic) bond motifs is 2. The molecule has 2 aromatic rings. The van der Waals surface area contributed by atoms with Gasteiger partial charge in [-0.15, -0.1) is 0 Å². The number of amidine groups is 1. The fraction of sp³-hybridized carbons (Fsp3) is 0.250. The molecule has 3 amide bonds. The van der Waals surface area contributed by atoms with Crippen LogP contribution in [0.15, 0.2) is 69.4 Å². The Labute approximate surface area is 191 Å². The molecule has 164 valence electrons. The van der Waals surface area contributed by atoms with Crippen molar-refractivity contribution in [3.8, 4) is 0 Å². The van der Waals surface area contributed by atoms with Crippen molar-refractivity contribution in [1.82, 2.24) is 15.1 Å². The molecule has 0 spiro atoms. The van der Waals surface area contributed by atoms with Crippen molar-refractivity contribution < 1.29 is 14.4 Å². The van der Waals surface area contributed by atoms with Crippen molar-refractivity contribution in [2.75, 3.05) is 19.6 Å². The van der Waals surface area contributed by atoms with Crippen LogP contribution in [0.1, 0.15) is 25.0 Å². The first-order valence-electron chi connectivity index (χ1n) is 10.5. The molecule has 8 heteroatoms. The van der Waals surface area contributed by atoms with Crippen LogP contribution in [0.4, 0.5) is 5.69 Å². The summed E-state index contributed by atoms with van der Waals surface area (Å²) in [4.78, 5) is 45.8. The predicted octanol–water partition coefficient (Wildman–Crippen LogP) is 3.11. The molecule has 32 heavy (non-hydrogen) atoms. The lowest BCUT2D eigenvalue weighted by atomic mass is 10.1. The summed E-state index contributed by atoms with van der Waals surface area (Å²) in [5, 5.41) is 2.80. The van der Waals surface area contributed by atoms with Gasteiger partial charge in [-0.2, -0.15) is 0 Å².